The van der Waals surface area contributed by atoms with E-state index >= 15 is 0 Å². The van der Waals surface area contributed by atoms with Gasteiger partial charge in [-0.05, 0) is 12.0 Å². The van der Waals surface area contributed by atoms with Crippen LogP contribution in [-0.2, 0) is 11.3 Å². The number of carbonyl (C=O) groups excluding carboxylic acids is 1. The predicted molar refractivity (Wildman–Crippen MR) is 90.7 cm³/mol. The Bertz CT molecular complexity index is 441. The standard InChI is InChI=1S/C18H29N3O/c1-3-4-10-19(2)18(22)16-21-13-11-20(12-14-21)15-17-8-6-5-7-9-17/h5-9H,3-4,10-16H2,1-2H3. The number of benzene rings is 1. The van der Waals surface area contributed by atoms with E-state index in [1.54, 1.807) is 0 Å². The highest BCUT2D eigenvalue weighted by molar-refractivity contribution is 5.77. The first-order chi connectivity index (χ1) is 10.7. The number of carbonyl (C=O) groups is 1. The molecule has 0 bridgehead atoms. The second kappa shape index (κ2) is 8.91. The van der Waals surface area contributed by atoms with Crippen molar-refractivity contribution >= 4 is 5.91 Å². The molecule has 4 nitrogen and oxygen atoms in total. The Morgan fingerprint density at radius 1 is 1.09 bits per heavy atom. The van der Waals surface area contributed by atoms with Crippen molar-refractivity contribution in [1.82, 2.24) is 14.7 Å². The lowest BCUT2D eigenvalue weighted by molar-refractivity contribution is -0.131. The summed E-state index contributed by atoms with van der Waals surface area (Å²) in [6, 6.07) is 10.6. The molecular weight excluding hydrogens is 274 g/mol. The highest BCUT2D eigenvalue weighted by Gasteiger charge is 2.20. The molecule has 0 saturated carbocycles. The Hall–Kier alpha value is -1.39. The molecule has 0 radical (unpaired) electrons. The summed E-state index contributed by atoms with van der Waals surface area (Å²) in [7, 11) is 1.92. The summed E-state index contributed by atoms with van der Waals surface area (Å²) in [5.41, 5.74) is 1.37. The summed E-state index contributed by atoms with van der Waals surface area (Å²) in [6.07, 6.45) is 2.23. The number of likely N-dealkylation sites (N-methyl/N-ethyl adjacent to an activating group) is 1. The van der Waals surface area contributed by atoms with Crippen molar-refractivity contribution in [1.29, 1.82) is 0 Å². The van der Waals surface area contributed by atoms with Gasteiger partial charge in [0.2, 0.25) is 5.91 Å². The normalized spacial score (nSPS) is 16.6. The van der Waals surface area contributed by atoms with E-state index < -0.39 is 0 Å². The Morgan fingerprint density at radius 3 is 2.36 bits per heavy atom. The third-order valence-corrected chi connectivity index (χ3v) is 4.35. The fourth-order valence-electron chi connectivity index (χ4n) is 2.78. The summed E-state index contributed by atoms with van der Waals surface area (Å²) in [5, 5.41) is 0. The lowest BCUT2D eigenvalue weighted by Gasteiger charge is -2.35. The van der Waals surface area contributed by atoms with E-state index in [1.165, 1.54) is 5.56 Å². The molecule has 1 aromatic carbocycles. The number of hydrogen-bond donors (Lipinski definition) is 0. The van der Waals surface area contributed by atoms with Crippen LogP contribution in [0.3, 0.4) is 0 Å². The van der Waals surface area contributed by atoms with Gasteiger partial charge < -0.3 is 4.90 Å². The molecule has 22 heavy (non-hydrogen) atoms. The van der Waals surface area contributed by atoms with Crippen molar-refractivity contribution in [2.75, 3.05) is 46.3 Å². The van der Waals surface area contributed by atoms with Gasteiger partial charge in [-0.25, -0.2) is 0 Å². The number of piperazine rings is 1. The van der Waals surface area contributed by atoms with Gasteiger partial charge >= 0.3 is 0 Å². The number of hydrogen-bond acceptors (Lipinski definition) is 3. The fraction of sp³-hybridized carbons (Fsp3) is 0.611. The molecule has 0 unspecified atom stereocenters. The molecule has 1 heterocycles. The van der Waals surface area contributed by atoms with Crippen molar-refractivity contribution in [3.05, 3.63) is 35.9 Å². The molecule has 1 amide bonds. The number of unbranched alkanes of at least 4 members (excludes halogenated alkanes) is 1. The van der Waals surface area contributed by atoms with E-state index in [0.29, 0.717) is 6.54 Å². The molecular formula is C18H29N3O. The molecule has 1 fully saturated rings. The van der Waals surface area contributed by atoms with Gasteiger partial charge in [-0.15, -0.1) is 0 Å². The van der Waals surface area contributed by atoms with Crippen LogP contribution in [0, 0.1) is 0 Å². The monoisotopic (exact) mass is 303 g/mol. The Balaban J connectivity index is 1.69. The number of amides is 1. The number of rotatable bonds is 7. The SMILES string of the molecule is CCCCN(C)C(=O)CN1CCN(Cc2ccccc2)CC1. The maximum absolute atomic E-state index is 12.2. The van der Waals surface area contributed by atoms with E-state index in [-0.39, 0.29) is 5.91 Å². The molecule has 0 atom stereocenters. The lowest BCUT2D eigenvalue weighted by Crippen LogP contribution is -2.49. The summed E-state index contributed by atoms with van der Waals surface area (Å²) in [6.45, 7) is 8.67. The van der Waals surface area contributed by atoms with Crippen molar-refractivity contribution in [2.45, 2.75) is 26.3 Å². The average Bonchev–Trinajstić information content (AvgIpc) is 2.55. The molecule has 0 spiro atoms. The quantitative estimate of drug-likeness (QED) is 0.771. The van der Waals surface area contributed by atoms with Gasteiger partial charge in [0.25, 0.3) is 0 Å². The highest BCUT2D eigenvalue weighted by atomic mass is 16.2. The molecule has 1 aliphatic heterocycles. The van der Waals surface area contributed by atoms with E-state index in [9.17, 15) is 4.79 Å². The van der Waals surface area contributed by atoms with Gasteiger partial charge in [-0.1, -0.05) is 43.7 Å². The zero-order chi connectivity index (χ0) is 15.8. The van der Waals surface area contributed by atoms with Crippen LogP contribution < -0.4 is 0 Å². The Morgan fingerprint density at radius 2 is 1.73 bits per heavy atom. The maximum Gasteiger partial charge on any atom is 0.236 e. The van der Waals surface area contributed by atoms with E-state index in [4.69, 9.17) is 0 Å². The Labute approximate surface area is 134 Å². The van der Waals surface area contributed by atoms with Crippen LogP contribution in [0.2, 0.25) is 0 Å². The van der Waals surface area contributed by atoms with Crippen molar-refractivity contribution in [3.8, 4) is 0 Å². The van der Waals surface area contributed by atoms with Crippen LogP contribution >= 0.6 is 0 Å². The summed E-state index contributed by atoms with van der Waals surface area (Å²) in [4.78, 5) is 18.8. The average molecular weight is 303 g/mol. The largest absolute Gasteiger partial charge is 0.345 e. The van der Waals surface area contributed by atoms with Crippen LogP contribution in [-0.4, -0.2) is 66.9 Å². The van der Waals surface area contributed by atoms with Gasteiger partial charge in [0.05, 0.1) is 6.54 Å². The van der Waals surface area contributed by atoms with Gasteiger partial charge in [-0.3, -0.25) is 14.6 Å². The second-order valence-corrected chi connectivity index (χ2v) is 6.21. The van der Waals surface area contributed by atoms with Crippen LogP contribution in [0.25, 0.3) is 0 Å². The van der Waals surface area contributed by atoms with Crippen molar-refractivity contribution in [3.63, 3.8) is 0 Å². The lowest BCUT2D eigenvalue weighted by atomic mass is 10.2. The summed E-state index contributed by atoms with van der Waals surface area (Å²) < 4.78 is 0. The first-order valence-corrected chi connectivity index (χ1v) is 8.41. The minimum atomic E-state index is 0.255. The maximum atomic E-state index is 12.2. The molecule has 1 aliphatic rings. The van der Waals surface area contributed by atoms with Gasteiger partial charge in [-0.2, -0.15) is 0 Å². The zero-order valence-electron chi connectivity index (χ0n) is 14.0. The molecule has 4 heteroatoms. The minimum Gasteiger partial charge on any atom is -0.345 e. The zero-order valence-corrected chi connectivity index (χ0v) is 14.0. The molecule has 0 aromatic heterocycles. The minimum absolute atomic E-state index is 0.255. The summed E-state index contributed by atoms with van der Waals surface area (Å²) >= 11 is 0. The van der Waals surface area contributed by atoms with Gasteiger partial charge in [0.15, 0.2) is 0 Å². The number of nitrogens with zero attached hydrogens (tertiary/aromatic N) is 3. The first-order valence-electron chi connectivity index (χ1n) is 8.41. The molecule has 0 aliphatic carbocycles. The third-order valence-electron chi connectivity index (χ3n) is 4.35. The van der Waals surface area contributed by atoms with Crippen LogP contribution in [0.1, 0.15) is 25.3 Å². The summed E-state index contributed by atoms with van der Waals surface area (Å²) in [5.74, 6) is 0.255. The van der Waals surface area contributed by atoms with Crippen molar-refractivity contribution < 1.29 is 4.79 Å². The topological polar surface area (TPSA) is 26.8 Å². The third kappa shape index (κ3) is 5.43. The van der Waals surface area contributed by atoms with E-state index in [2.05, 4.69) is 47.1 Å². The molecule has 2 rings (SSSR count). The molecule has 1 saturated heterocycles. The smallest absolute Gasteiger partial charge is 0.236 e. The molecule has 122 valence electrons. The molecule has 1 aromatic rings. The predicted octanol–water partition coefficient (Wildman–Crippen LogP) is 2.06. The van der Waals surface area contributed by atoms with Gasteiger partial charge in [0, 0.05) is 46.3 Å². The van der Waals surface area contributed by atoms with Crippen molar-refractivity contribution in [2.24, 2.45) is 0 Å². The van der Waals surface area contributed by atoms with Crippen LogP contribution in [0.5, 0.6) is 0 Å². The van der Waals surface area contributed by atoms with Gasteiger partial charge in [0.1, 0.15) is 0 Å². The van der Waals surface area contributed by atoms with E-state index in [1.807, 2.05) is 11.9 Å². The Kier molecular flexibility index (Phi) is 6.87. The van der Waals surface area contributed by atoms with Crippen LogP contribution in [0.4, 0.5) is 0 Å². The fourth-order valence-corrected chi connectivity index (χ4v) is 2.78. The second-order valence-electron chi connectivity index (χ2n) is 6.21. The highest BCUT2D eigenvalue weighted by Crippen LogP contribution is 2.08. The van der Waals surface area contributed by atoms with E-state index in [0.717, 1.165) is 52.1 Å². The van der Waals surface area contributed by atoms with Crippen LogP contribution in [0.15, 0.2) is 30.3 Å². The first kappa shape index (κ1) is 17.0. The molecule has 0 N–H and O–H groups in total.